The van der Waals surface area contributed by atoms with Crippen molar-refractivity contribution in [1.29, 1.82) is 0 Å². The van der Waals surface area contributed by atoms with Gasteiger partial charge in [0.25, 0.3) is 5.91 Å². The van der Waals surface area contributed by atoms with Gasteiger partial charge in [-0.05, 0) is 75.2 Å². The molecule has 1 aliphatic rings. The number of rotatable bonds is 6. The molecule has 1 aromatic heterocycles. The van der Waals surface area contributed by atoms with E-state index in [0.717, 1.165) is 4.90 Å². The summed E-state index contributed by atoms with van der Waals surface area (Å²) in [5, 5.41) is 0. The van der Waals surface area contributed by atoms with Gasteiger partial charge in [-0.15, -0.1) is 0 Å². The van der Waals surface area contributed by atoms with Crippen molar-refractivity contribution in [2.24, 2.45) is 0 Å². The van der Waals surface area contributed by atoms with Gasteiger partial charge in [-0.2, -0.15) is 39.5 Å². The summed E-state index contributed by atoms with van der Waals surface area (Å²) in [7, 11) is 1.22. The molecule has 0 spiro atoms. The summed E-state index contributed by atoms with van der Waals surface area (Å²) in [6.07, 6.45) is -17.4. The number of halogens is 10. The Labute approximate surface area is 267 Å². The number of methoxy groups -OCH3 is 1. The topological polar surface area (TPSA) is 72.0 Å². The summed E-state index contributed by atoms with van der Waals surface area (Å²) in [6.45, 7) is 3.61. The molecule has 0 saturated carbocycles. The number of alkyl halides is 9. The second-order valence-corrected chi connectivity index (χ2v) is 11.2. The highest BCUT2D eigenvalue weighted by Gasteiger charge is 2.42. The van der Waals surface area contributed by atoms with Crippen molar-refractivity contribution in [3.05, 3.63) is 87.9 Å². The minimum atomic E-state index is -5.26. The summed E-state index contributed by atoms with van der Waals surface area (Å²) in [5.74, 6) is -2.94. The van der Waals surface area contributed by atoms with E-state index in [1.807, 2.05) is 0 Å². The first kappa shape index (κ1) is 36.3. The molecule has 4 rings (SSSR count). The van der Waals surface area contributed by atoms with Gasteiger partial charge >= 0.3 is 24.6 Å². The van der Waals surface area contributed by atoms with Gasteiger partial charge in [0, 0.05) is 24.2 Å². The third-order valence-electron chi connectivity index (χ3n) is 7.31. The zero-order valence-corrected chi connectivity index (χ0v) is 25.5. The Hall–Kier alpha value is -4.57. The molecule has 0 unspecified atom stereocenters. The number of hydrogen-bond donors (Lipinski definition) is 0. The lowest BCUT2D eigenvalue weighted by Crippen LogP contribution is -2.48. The van der Waals surface area contributed by atoms with Gasteiger partial charge < -0.3 is 14.4 Å². The van der Waals surface area contributed by atoms with E-state index in [9.17, 15) is 53.5 Å². The number of anilines is 1. The van der Waals surface area contributed by atoms with E-state index in [-0.39, 0.29) is 35.8 Å². The Balaban J connectivity index is 1.96. The number of carbonyl (C=O) groups is 2. The van der Waals surface area contributed by atoms with Gasteiger partial charge in [-0.25, -0.2) is 14.2 Å². The average molecular weight is 696 g/mol. The maximum atomic E-state index is 14.5. The minimum Gasteiger partial charge on any atom is -0.481 e. The maximum absolute atomic E-state index is 14.5. The molecule has 2 aromatic carbocycles. The highest BCUT2D eigenvalue weighted by Crippen LogP contribution is 2.43. The fourth-order valence-corrected chi connectivity index (χ4v) is 5.27. The van der Waals surface area contributed by atoms with Crippen LogP contribution < -0.4 is 9.64 Å². The highest BCUT2D eigenvalue weighted by atomic mass is 19.4. The van der Waals surface area contributed by atoms with Crippen molar-refractivity contribution in [2.75, 3.05) is 12.0 Å². The smallest absolute Gasteiger partial charge is 0.416 e. The van der Waals surface area contributed by atoms with Crippen molar-refractivity contribution >= 4 is 17.7 Å². The fraction of sp³-hybridized carbons (Fsp3) is 0.387. The van der Waals surface area contributed by atoms with Gasteiger partial charge in [0.05, 0.1) is 47.3 Å². The van der Waals surface area contributed by atoms with Crippen LogP contribution in [0.3, 0.4) is 0 Å². The molecule has 1 aliphatic heterocycles. The van der Waals surface area contributed by atoms with Crippen molar-refractivity contribution in [3.63, 3.8) is 0 Å². The quantitative estimate of drug-likeness (QED) is 0.241. The Morgan fingerprint density at radius 3 is 1.98 bits per heavy atom. The summed E-state index contributed by atoms with van der Waals surface area (Å²) in [6, 6.07) is 1.89. The van der Waals surface area contributed by atoms with E-state index >= 15 is 0 Å². The second-order valence-electron chi connectivity index (χ2n) is 11.2. The molecular formula is C31H27F10N3O4. The lowest BCUT2D eigenvalue weighted by molar-refractivity contribution is -0.143. The third-order valence-corrected chi connectivity index (χ3v) is 7.31. The van der Waals surface area contributed by atoms with E-state index < -0.39 is 88.9 Å². The molecule has 260 valence electrons. The summed E-state index contributed by atoms with van der Waals surface area (Å²) in [4.78, 5) is 33.3. The van der Waals surface area contributed by atoms with Crippen LogP contribution in [0.15, 0.2) is 48.5 Å². The van der Waals surface area contributed by atoms with E-state index in [1.54, 1.807) is 13.8 Å². The van der Waals surface area contributed by atoms with E-state index in [1.165, 1.54) is 26.2 Å². The van der Waals surface area contributed by atoms with E-state index in [4.69, 9.17) is 9.47 Å². The molecule has 2 heterocycles. The molecule has 0 aliphatic carbocycles. The van der Waals surface area contributed by atoms with E-state index in [0.29, 0.717) is 29.2 Å². The molecule has 0 N–H and O–H groups in total. The highest BCUT2D eigenvalue weighted by molar-refractivity contribution is 5.95. The molecule has 17 heteroatoms. The third kappa shape index (κ3) is 7.93. The molecule has 0 saturated heterocycles. The number of pyridine rings is 1. The zero-order valence-electron chi connectivity index (χ0n) is 25.5. The monoisotopic (exact) mass is 695 g/mol. The number of fused-ring (bicyclic) bond motifs is 1. The van der Waals surface area contributed by atoms with Crippen molar-refractivity contribution in [2.45, 2.75) is 70.5 Å². The standard InChI is InChI=1S/C31H27F10N3O4/c1-15(2)48-28(46)44-16(3)7-24(26-23(44)5-6-25(42-26)47-4)43(27(45)18-10-21(31(39,40)41)13-22(32)11-18)14-17-8-19(29(33,34)35)12-20(9-17)30(36,37)38/h5-6,8-13,15-16,24H,7,14H2,1-4H3/t16-,24+/m0/s1. The van der Waals surface area contributed by atoms with Gasteiger partial charge in [-0.1, -0.05) is 0 Å². The number of aromatic nitrogens is 1. The van der Waals surface area contributed by atoms with Gasteiger partial charge in [0.2, 0.25) is 5.88 Å². The molecule has 48 heavy (non-hydrogen) atoms. The van der Waals surface area contributed by atoms with Gasteiger partial charge in [-0.3, -0.25) is 9.69 Å². The Morgan fingerprint density at radius 1 is 0.896 bits per heavy atom. The molecule has 2 amide bonds. The van der Waals surface area contributed by atoms with Gasteiger partial charge in [0.15, 0.2) is 0 Å². The Bertz CT molecular complexity index is 1660. The van der Waals surface area contributed by atoms with Gasteiger partial charge in [0.1, 0.15) is 5.82 Å². The number of nitrogens with zero attached hydrogens (tertiary/aromatic N) is 3. The number of benzene rings is 2. The van der Waals surface area contributed by atoms with Crippen LogP contribution in [0.2, 0.25) is 0 Å². The van der Waals surface area contributed by atoms with Crippen LogP contribution in [-0.4, -0.2) is 41.1 Å². The predicted molar refractivity (Wildman–Crippen MR) is 149 cm³/mol. The van der Waals surface area contributed by atoms with Crippen molar-refractivity contribution in [3.8, 4) is 5.88 Å². The zero-order chi connectivity index (χ0) is 35.9. The largest absolute Gasteiger partial charge is 0.481 e. The van der Waals surface area contributed by atoms with Crippen LogP contribution in [0.5, 0.6) is 5.88 Å². The maximum Gasteiger partial charge on any atom is 0.416 e. The first-order valence-corrected chi connectivity index (χ1v) is 14.1. The number of amides is 2. The molecule has 2 atom stereocenters. The van der Waals surface area contributed by atoms with Crippen LogP contribution >= 0.6 is 0 Å². The number of carbonyl (C=O) groups excluding carboxylic acids is 2. The molecule has 7 nitrogen and oxygen atoms in total. The molecule has 0 radical (unpaired) electrons. The number of hydrogen-bond acceptors (Lipinski definition) is 5. The average Bonchev–Trinajstić information content (AvgIpc) is 2.96. The van der Waals surface area contributed by atoms with Crippen LogP contribution in [0, 0.1) is 5.82 Å². The fourth-order valence-electron chi connectivity index (χ4n) is 5.27. The lowest BCUT2D eigenvalue weighted by atomic mass is 9.93. The first-order chi connectivity index (χ1) is 22.1. The minimum absolute atomic E-state index is 0.0123. The van der Waals surface area contributed by atoms with Crippen LogP contribution in [-0.2, 0) is 29.8 Å². The van der Waals surface area contributed by atoms with Crippen LogP contribution in [0.4, 0.5) is 54.4 Å². The molecule has 0 bridgehead atoms. The lowest BCUT2D eigenvalue weighted by Gasteiger charge is -2.42. The SMILES string of the molecule is COc1ccc2c(n1)[C@H](N(Cc1cc(C(F)(F)F)cc(C(F)(F)F)c1)C(=O)c1cc(F)cc(C(F)(F)F)c1)C[C@H](C)N2C(=O)OC(C)C. The number of ether oxygens (including phenoxy) is 2. The first-order valence-electron chi connectivity index (χ1n) is 14.1. The Kier molecular flexibility index (Phi) is 9.93. The predicted octanol–water partition coefficient (Wildman–Crippen LogP) is 8.81. The molecular weight excluding hydrogens is 668 g/mol. The van der Waals surface area contributed by atoms with E-state index in [2.05, 4.69) is 4.98 Å². The van der Waals surface area contributed by atoms with Crippen LogP contribution in [0.1, 0.15) is 71.5 Å². The summed E-state index contributed by atoms with van der Waals surface area (Å²) < 4.78 is 148. The van der Waals surface area contributed by atoms with Crippen molar-refractivity contribution < 1.29 is 63.0 Å². The van der Waals surface area contributed by atoms with Crippen molar-refractivity contribution in [1.82, 2.24) is 9.88 Å². The van der Waals surface area contributed by atoms with Crippen LogP contribution in [0.25, 0.3) is 0 Å². The summed E-state index contributed by atoms with van der Waals surface area (Å²) >= 11 is 0. The second kappa shape index (κ2) is 13.1. The summed E-state index contributed by atoms with van der Waals surface area (Å²) in [5.41, 5.74) is -6.70. The molecule has 0 fully saturated rings. The normalized spacial score (nSPS) is 16.9. The Morgan fingerprint density at radius 2 is 1.46 bits per heavy atom. The molecule has 3 aromatic rings.